The van der Waals surface area contributed by atoms with Crippen molar-refractivity contribution in [1.29, 1.82) is 0 Å². The van der Waals surface area contributed by atoms with Crippen LogP contribution in [0.25, 0.3) is 0 Å². The van der Waals surface area contributed by atoms with Crippen LogP contribution in [0.1, 0.15) is 26.5 Å². The van der Waals surface area contributed by atoms with Crippen LogP contribution in [-0.2, 0) is 6.54 Å². The molecule has 0 aliphatic heterocycles. The van der Waals surface area contributed by atoms with Gasteiger partial charge in [0.25, 0.3) is 0 Å². The van der Waals surface area contributed by atoms with Gasteiger partial charge in [-0.05, 0) is 45.1 Å². The van der Waals surface area contributed by atoms with Gasteiger partial charge in [0.1, 0.15) is 0 Å². The lowest BCUT2D eigenvalue weighted by Gasteiger charge is -2.22. The zero-order valence-electron chi connectivity index (χ0n) is 9.37. The Morgan fingerprint density at radius 3 is 2.67 bits per heavy atom. The first kappa shape index (κ1) is 11.9. The molecule has 0 atom stereocenters. The lowest BCUT2D eigenvalue weighted by Crippen LogP contribution is -2.46. The molecular weight excluding hydrogens is 206 g/mol. The molecule has 4 heteroatoms. The zero-order valence-corrected chi connectivity index (χ0v) is 10.2. The fourth-order valence-corrected chi connectivity index (χ4v) is 1.44. The lowest BCUT2D eigenvalue weighted by atomic mass is 10.1. The van der Waals surface area contributed by atoms with E-state index in [1.807, 2.05) is 18.2 Å². The van der Waals surface area contributed by atoms with E-state index in [4.69, 9.17) is 12.2 Å². The number of nitrogens with zero attached hydrogens (tertiary/aromatic N) is 1. The minimum atomic E-state index is -0.00575. The first-order valence-electron chi connectivity index (χ1n) is 4.93. The predicted molar refractivity (Wildman–Crippen MR) is 66.6 cm³/mol. The highest BCUT2D eigenvalue weighted by molar-refractivity contribution is 7.80. The smallest absolute Gasteiger partial charge is 0.167 e. The molecule has 1 aromatic rings. The maximum atomic E-state index is 5.15. The summed E-state index contributed by atoms with van der Waals surface area (Å²) in [6.45, 7) is 6.87. The Morgan fingerprint density at radius 1 is 1.40 bits per heavy atom. The second kappa shape index (κ2) is 5.07. The van der Waals surface area contributed by atoms with E-state index in [-0.39, 0.29) is 5.54 Å². The van der Waals surface area contributed by atoms with E-state index < -0.39 is 0 Å². The first-order valence-corrected chi connectivity index (χ1v) is 5.34. The van der Waals surface area contributed by atoms with Crippen molar-refractivity contribution >= 4 is 17.3 Å². The van der Waals surface area contributed by atoms with E-state index in [1.54, 1.807) is 6.20 Å². The number of rotatable bonds is 2. The topological polar surface area (TPSA) is 37.0 Å². The molecular formula is C11H17N3S. The fraction of sp³-hybridized carbons (Fsp3) is 0.455. The van der Waals surface area contributed by atoms with Gasteiger partial charge < -0.3 is 10.6 Å². The molecule has 0 bridgehead atoms. The van der Waals surface area contributed by atoms with Crippen molar-refractivity contribution in [2.24, 2.45) is 0 Å². The van der Waals surface area contributed by atoms with Gasteiger partial charge in [0.2, 0.25) is 0 Å². The quantitative estimate of drug-likeness (QED) is 0.750. The molecule has 0 saturated carbocycles. The number of hydrogen-bond acceptors (Lipinski definition) is 2. The summed E-state index contributed by atoms with van der Waals surface area (Å²) in [6.07, 6.45) is 1.78. The highest BCUT2D eigenvalue weighted by atomic mass is 32.1. The molecule has 1 heterocycles. The monoisotopic (exact) mass is 223 g/mol. The lowest BCUT2D eigenvalue weighted by molar-refractivity contribution is 0.506. The molecule has 0 aromatic carbocycles. The molecule has 0 spiro atoms. The highest BCUT2D eigenvalue weighted by Crippen LogP contribution is 1.98. The van der Waals surface area contributed by atoms with Gasteiger partial charge in [-0.1, -0.05) is 6.07 Å². The number of thiocarbonyl (C=S) groups is 1. The molecule has 15 heavy (non-hydrogen) atoms. The Hall–Kier alpha value is -1.16. The molecule has 1 rings (SSSR count). The fourth-order valence-electron chi connectivity index (χ4n) is 1.06. The Kier molecular flexibility index (Phi) is 4.03. The normalized spacial score (nSPS) is 10.9. The van der Waals surface area contributed by atoms with Crippen LogP contribution in [0.3, 0.4) is 0 Å². The summed E-state index contributed by atoms with van der Waals surface area (Å²) in [5, 5.41) is 6.96. The largest absolute Gasteiger partial charge is 0.358 e. The third kappa shape index (κ3) is 5.32. The van der Waals surface area contributed by atoms with E-state index in [9.17, 15) is 0 Å². The van der Waals surface area contributed by atoms with E-state index in [2.05, 4.69) is 36.4 Å². The molecule has 2 N–H and O–H groups in total. The van der Waals surface area contributed by atoms with Crippen LogP contribution in [0.4, 0.5) is 0 Å². The molecule has 82 valence electrons. The van der Waals surface area contributed by atoms with Crippen LogP contribution in [0.5, 0.6) is 0 Å². The Bertz CT molecular complexity index is 316. The Labute approximate surface area is 96.3 Å². The number of hydrogen-bond donors (Lipinski definition) is 2. The summed E-state index contributed by atoms with van der Waals surface area (Å²) in [5.41, 5.74) is 0.976. The van der Waals surface area contributed by atoms with E-state index >= 15 is 0 Å². The SMILES string of the molecule is CC(C)(C)NC(=S)NCc1ccccn1. The van der Waals surface area contributed by atoms with Crippen LogP contribution >= 0.6 is 12.2 Å². The Morgan fingerprint density at radius 2 is 2.13 bits per heavy atom. The minimum absolute atomic E-state index is 0.00575. The molecule has 0 saturated heterocycles. The molecule has 1 aromatic heterocycles. The minimum Gasteiger partial charge on any atom is -0.358 e. The Balaban J connectivity index is 2.35. The molecule has 0 aliphatic carbocycles. The van der Waals surface area contributed by atoms with Crippen molar-refractivity contribution in [2.45, 2.75) is 32.9 Å². The van der Waals surface area contributed by atoms with Gasteiger partial charge in [-0.25, -0.2) is 0 Å². The van der Waals surface area contributed by atoms with Gasteiger partial charge in [0, 0.05) is 11.7 Å². The summed E-state index contributed by atoms with van der Waals surface area (Å²) < 4.78 is 0. The van der Waals surface area contributed by atoms with Gasteiger partial charge in [-0.2, -0.15) is 0 Å². The molecule has 3 nitrogen and oxygen atoms in total. The standard InChI is InChI=1S/C11H17N3S/c1-11(2,3)14-10(15)13-8-9-6-4-5-7-12-9/h4-7H,8H2,1-3H3,(H2,13,14,15). The first-order chi connectivity index (χ1) is 6.97. The second-order valence-electron chi connectivity index (χ2n) is 4.38. The average Bonchev–Trinajstić information content (AvgIpc) is 2.14. The van der Waals surface area contributed by atoms with Crippen molar-refractivity contribution in [2.75, 3.05) is 0 Å². The van der Waals surface area contributed by atoms with Gasteiger partial charge in [0.05, 0.1) is 12.2 Å². The summed E-state index contributed by atoms with van der Waals surface area (Å²) in [5.74, 6) is 0. The van der Waals surface area contributed by atoms with Gasteiger partial charge in [-0.15, -0.1) is 0 Å². The number of aromatic nitrogens is 1. The van der Waals surface area contributed by atoms with Crippen LogP contribution in [-0.4, -0.2) is 15.6 Å². The van der Waals surface area contributed by atoms with Crippen LogP contribution in [0.15, 0.2) is 24.4 Å². The van der Waals surface area contributed by atoms with Gasteiger partial charge >= 0.3 is 0 Å². The van der Waals surface area contributed by atoms with Crippen molar-refractivity contribution in [1.82, 2.24) is 15.6 Å². The molecule has 0 aliphatic rings. The third-order valence-corrected chi connectivity index (χ3v) is 1.89. The van der Waals surface area contributed by atoms with Crippen molar-refractivity contribution < 1.29 is 0 Å². The predicted octanol–water partition coefficient (Wildman–Crippen LogP) is 1.84. The van der Waals surface area contributed by atoms with Crippen molar-refractivity contribution in [3.8, 4) is 0 Å². The average molecular weight is 223 g/mol. The summed E-state index contributed by atoms with van der Waals surface area (Å²) >= 11 is 5.15. The zero-order chi connectivity index (χ0) is 11.3. The number of pyridine rings is 1. The van der Waals surface area contributed by atoms with Crippen LogP contribution in [0, 0.1) is 0 Å². The van der Waals surface area contributed by atoms with Crippen molar-refractivity contribution in [3.63, 3.8) is 0 Å². The molecule has 0 fully saturated rings. The van der Waals surface area contributed by atoms with Gasteiger partial charge in [-0.3, -0.25) is 4.98 Å². The maximum Gasteiger partial charge on any atom is 0.167 e. The van der Waals surface area contributed by atoms with Gasteiger partial charge in [0.15, 0.2) is 5.11 Å². The molecule has 0 radical (unpaired) electrons. The van der Waals surface area contributed by atoms with E-state index in [1.165, 1.54) is 0 Å². The van der Waals surface area contributed by atoms with E-state index in [0.29, 0.717) is 11.7 Å². The van der Waals surface area contributed by atoms with Crippen LogP contribution in [0.2, 0.25) is 0 Å². The summed E-state index contributed by atoms with van der Waals surface area (Å²) in [6, 6.07) is 5.83. The van der Waals surface area contributed by atoms with Crippen molar-refractivity contribution in [3.05, 3.63) is 30.1 Å². The maximum absolute atomic E-state index is 5.15. The molecule has 0 amide bonds. The highest BCUT2D eigenvalue weighted by Gasteiger charge is 2.10. The van der Waals surface area contributed by atoms with E-state index in [0.717, 1.165) is 5.69 Å². The summed E-state index contributed by atoms with van der Waals surface area (Å²) in [7, 11) is 0. The number of nitrogens with one attached hydrogen (secondary N) is 2. The summed E-state index contributed by atoms with van der Waals surface area (Å²) in [4.78, 5) is 4.20. The van der Waals surface area contributed by atoms with Crippen LogP contribution < -0.4 is 10.6 Å². The second-order valence-corrected chi connectivity index (χ2v) is 4.79. The third-order valence-electron chi connectivity index (χ3n) is 1.64. The molecule has 0 unspecified atom stereocenters.